The van der Waals surface area contributed by atoms with Crippen molar-refractivity contribution in [2.45, 2.75) is 13.0 Å². The van der Waals surface area contributed by atoms with Crippen molar-refractivity contribution in [2.75, 3.05) is 36.4 Å². The molecule has 1 aliphatic heterocycles. The van der Waals surface area contributed by atoms with E-state index in [0.717, 1.165) is 26.2 Å². The quantitative estimate of drug-likeness (QED) is 0.885. The second kappa shape index (κ2) is 7.82. The Morgan fingerprint density at radius 1 is 1.16 bits per heavy atom. The molecule has 0 spiro atoms. The van der Waals surface area contributed by atoms with Crippen LogP contribution in [0.3, 0.4) is 0 Å². The first-order valence-electron chi connectivity index (χ1n) is 8.63. The van der Waals surface area contributed by atoms with Crippen LogP contribution in [0.5, 0.6) is 0 Å². The maximum absolute atomic E-state index is 12.5. The number of nitrogens with one attached hydrogen (secondary N) is 2. The number of para-hydroxylation sites is 1. The summed E-state index contributed by atoms with van der Waals surface area (Å²) in [7, 11) is 0. The zero-order valence-electron chi connectivity index (χ0n) is 14.4. The lowest BCUT2D eigenvalue weighted by Crippen LogP contribution is -3.19. The molecule has 0 radical (unpaired) electrons. The van der Waals surface area contributed by atoms with E-state index in [2.05, 4.69) is 40.6 Å². The Hall–Kier alpha value is -2.84. The number of carbonyl (C=O) groups excluding carboxylic acids is 1. The van der Waals surface area contributed by atoms with E-state index < -0.39 is 0 Å². The fourth-order valence-corrected chi connectivity index (χ4v) is 3.23. The Kier molecular flexibility index (Phi) is 5.32. The Balaban J connectivity index is 1.56. The molecule has 1 amide bonds. The first kappa shape index (κ1) is 17.0. The zero-order valence-corrected chi connectivity index (χ0v) is 14.4. The lowest BCUT2D eigenvalue weighted by molar-refractivity contribution is -0.914. The number of hydrogen-bond donors (Lipinski definition) is 2. The minimum absolute atomic E-state index is 0.00162. The van der Waals surface area contributed by atoms with Gasteiger partial charge in [0, 0.05) is 11.4 Å². The zero-order chi connectivity index (χ0) is 17.6. The number of amides is 1. The smallest absolute Gasteiger partial charge is 0.282 e. The summed E-state index contributed by atoms with van der Waals surface area (Å²) in [4.78, 5) is 16.2. The second-order valence-corrected chi connectivity index (χ2v) is 6.38. The van der Waals surface area contributed by atoms with Crippen molar-refractivity contribution in [1.29, 1.82) is 5.26 Å². The van der Waals surface area contributed by atoms with Gasteiger partial charge >= 0.3 is 0 Å². The SMILES string of the molecule is C[C@H](C(=O)Nc1cccc(C#N)c1)[NH+]1CCN(c2ccccc2)CC1. The molecule has 1 saturated heterocycles. The fraction of sp³-hybridized carbons (Fsp3) is 0.300. The number of hydrogen-bond acceptors (Lipinski definition) is 3. The minimum Gasteiger partial charge on any atom is -0.360 e. The summed E-state index contributed by atoms with van der Waals surface area (Å²) in [5, 5.41) is 11.9. The topological polar surface area (TPSA) is 60.6 Å². The van der Waals surface area contributed by atoms with Gasteiger partial charge < -0.3 is 15.1 Å². The van der Waals surface area contributed by atoms with E-state index in [-0.39, 0.29) is 11.9 Å². The Labute approximate surface area is 148 Å². The van der Waals surface area contributed by atoms with E-state index in [1.165, 1.54) is 10.6 Å². The van der Waals surface area contributed by atoms with Gasteiger partial charge in [0.1, 0.15) is 0 Å². The number of anilines is 2. The van der Waals surface area contributed by atoms with Gasteiger partial charge in [0.25, 0.3) is 5.91 Å². The van der Waals surface area contributed by atoms with Gasteiger partial charge in [-0.25, -0.2) is 0 Å². The van der Waals surface area contributed by atoms with Gasteiger partial charge in [-0.2, -0.15) is 5.26 Å². The molecule has 0 bridgehead atoms. The van der Waals surface area contributed by atoms with Crippen molar-refractivity contribution in [3.63, 3.8) is 0 Å². The molecule has 1 atom stereocenters. The highest BCUT2D eigenvalue weighted by atomic mass is 16.2. The van der Waals surface area contributed by atoms with Crippen LogP contribution in [0.2, 0.25) is 0 Å². The average Bonchev–Trinajstić information content (AvgIpc) is 2.68. The van der Waals surface area contributed by atoms with Crippen LogP contribution < -0.4 is 15.1 Å². The fourth-order valence-electron chi connectivity index (χ4n) is 3.23. The lowest BCUT2D eigenvalue weighted by Gasteiger charge is -2.36. The van der Waals surface area contributed by atoms with Gasteiger partial charge in [-0.05, 0) is 37.3 Å². The molecule has 5 heteroatoms. The molecule has 1 heterocycles. The van der Waals surface area contributed by atoms with Gasteiger partial charge in [-0.3, -0.25) is 4.79 Å². The summed E-state index contributed by atoms with van der Waals surface area (Å²) >= 11 is 0. The molecule has 25 heavy (non-hydrogen) atoms. The van der Waals surface area contributed by atoms with Crippen molar-refractivity contribution >= 4 is 17.3 Å². The molecule has 2 N–H and O–H groups in total. The van der Waals surface area contributed by atoms with E-state index in [0.29, 0.717) is 11.3 Å². The highest BCUT2D eigenvalue weighted by molar-refractivity contribution is 5.93. The summed E-state index contributed by atoms with van der Waals surface area (Å²) in [5.74, 6) is -0.00162. The number of carbonyl (C=O) groups is 1. The number of rotatable bonds is 4. The third kappa shape index (κ3) is 4.17. The Bertz CT molecular complexity index is 761. The predicted molar refractivity (Wildman–Crippen MR) is 98.6 cm³/mol. The molecular formula is C20H23N4O+. The molecule has 5 nitrogen and oxygen atoms in total. The van der Waals surface area contributed by atoms with Gasteiger partial charge in [-0.1, -0.05) is 24.3 Å². The van der Waals surface area contributed by atoms with Gasteiger partial charge in [0.05, 0.1) is 37.8 Å². The largest absolute Gasteiger partial charge is 0.360 e. The number of piperazine rings is 1. The monoisotopic (exact) mass is 335 g/mol. The molecule has 0 aliphatic carbocycles. The molecular weight excluding hydrogens is 312 g/mol. The summed E-state index contributed by atoms with van der Waals surface area (Å²) in [6.45, 7) is 5.72. The molecule has 128 valence electrons. The van der Waals surface area contributed by atoms with Gasteiger partial charge in [0.15, 0.2) is 6.04 Å². The van der Waals surface area contributed by atoms with E-state index in [1.807, 2.05) is 19.1 Å². The number of quaternary nitrogens is 1. The highest BCUT2D eigenvalue weighted by Gasteiger charge is 2.29. The highest BCUT2D eigenvalue weighted by Crippen LogP contribution is 2.13. The minimum atomic E-state index is -0.122. The van der Waals surface area contributed by atoms with Crippen LogP contribution >= 0.6 is 0 Å². The molecule has 0 unspecified atom stereocenters. The van der Waals surface area contributed by atoms with Crippen molar-refractivity contribution < 1.29 is 9.69 Å². The standard InChI is InChI=1S/C20H22N4O/c1-16(20(25)22-18-7-5-6-17(14-18)15-21)23-10-12-24(13-11-23)19-8-3-2-4-9-19/h2-9,14,16H,10-13H2,1H3,(H,22,25)/p+1/t16-/m1/s1. The first-order chi connectivity index (χ1) is 12.2. The van der Waals surface area contributed by atoms with E-state index in [9.17, 15) is 4.79 Å². The van der Waals surface area contributed by atoms with Crippen molar-refractivity contribution in [3.05, 3.63) is 60.2 Å². The van der Waals surface area contributed by atoms with E-state index in [1.54, 1.807) is 18.2 Å². The maximum atomic E-state index is 12.5. The third-order valence-electron chi connectivity index (χ3n) is 4.79. The van der Waals surface area contributed by atoms with Crippen LogP contribution in [0.15, 0.2) is 54.6 Å². The normalized spacial score (nSPS) is 16.1. The van der Waals surface area contributed by atoms with Crippen molar-refractivity contribution in [3.8, 4) is 6.07 Å². The van der Waals surface area contributed by atoms with Crippen LogP contribution in [-0.2, 0) is 4.79 Å². The van der Waals surface area contributed by atoms with Crippen LogP contribution in [-0.4, -0.2) is 38.1 Å². The van der Waals surface area contributed by atoms with Crippen LogP contribution in [0, 0.1) is 11.3 Å². The summed E-state index contributed by atoms with van der Waals surface area (Å²) in [6.07, 6.45) is 0. The van der Waals surface area contributed by atoms with E-state index in [4.69, 9.17) is 5.26 Å². The predicted octanol–water partition coefficient (Wildman–Crippen LogP) is 1.29. The molecule has 3 rings (SSSR count). The Morgan fingerprint density at radius 3 is 2.56 bits per heavy atom. The van der Waals surface area contributed by atoms with Crippen LogP contribution in [0.25, 0.3) is 0 Å². The number of nitriles is 1. The summed E-state index contributed by atoms with van der Waals surface area (Å²) < 4.78 is 0. The number of benzene rings is 2. The van der Waals surface area contributed by atoms with Gasteiger partial charge in [0.2, 0.25) is 0 Å². The molecule has 1 fully saturated rings. The van der Waals surface area contributed by atoms with Crippen molar-refractivity contribution in [2.24, 2.45) is 0 Å². The van der Waals surface area contributed by atoms with E-state index >= 15 is 0 Å². The summed E-state index contributed by atoms with van der Waals surface area (Å²) in [5.41, 5.74) is 2.47. The third-order valence-corrected chi connectivity index (χ3v) is 4.79. The molecule has 2 aromatic carbocycles. The molecule has 1 aliphatic rings. The molecule has 0 aromatic heterocycles. The molecule has 2 aromatic rings. The van der Waals surface area contributed by atoms with Crippen molar-refractivity contribution in [1.82, 2.24) is 0 Å². The Morgan fingerprint density at radius 2 is 1.88 bits per heavy atom. The first-order valence-corrected chi connectivity index (χ1v) is 8.63. The number of nitrogens with zero attached hydrogens (tertiary/aromatic N) is 2. The summed E-state index contributed by atoms with van der Waals surface area (Å²) in [6, 6.07) is 19.4. The lowest BCUT2D eigenvalue weighted by atomic mass is 10.1. The maximum Gasteiger partial charge on any atom is 0.282 e. The average molecular weight is 335 g/mol. The molecule has 0 saturated carbocycles. The van der Waals surface area contributed by atoms with Crippen LogP contribution in [0.1, 0.15) is 12.5 Å². The van der Waals surface area contributed by atoms with Gasteiger partial charge in [-0.15, -0.1) is 0 Å². The van der Waals surface area contributed by atoms with Crippen LogP contribution in [0.4, 0.5) is 11.4 Å². The second-order valence-electron chi connectivity index (χ2n) is 6.38.